The molecule has 11 heteroatoms. The topological polar surface area (TPSA) is 90.0 Å². The molecule has 0 spiro atoms. The summed E-state index contributed by atoms with van der Waals surface area (Å²) in [6.45, 7) is 2.54. The van der Waals surface area contributed by atoms with Crippen LogP contribution in [0.1, 0.15) is 34.5 Å². The number of carbonyl (C=O) groups is 2. The van der Waals surface area contributed by atoms with Gasteiger partial charge in [-0.05, 0) is 60.5 Å². The lowest BCUT2D eigenvalue weighted by molar-refractivity contribution is -0.130. The minimum Gasteiger partial charge on any atom is -0.347 e. The molecule has 1 heterocycles. The largest absolute Gasteiger partial charge is 0.347 e. The van der Waals surface area contributed by atoms with Gasteiger partial charge in [-0.25, -0.2) is 8.42 Å². The Labute approximate surface area is 245 Å². The Balaban J connectivity index is 1.58. The van der Waals surface area contributed by atoms with Crippen LogP contribution in [0.2, 0.25) is 10.0 Å². The zero-order valence-corrected chi connectivity index (χ0v) is 25.0. The molecule has 1 atom stereocenters. The third-order valence-electron chi connectivity index (χ3n) is 6.84. The van der Waals surface area contributed by atoms with Gasteiger partial charge in [-0.2, -0.15) is 0 Å². The van der Waals surface area contributed by atoms with Gasteiger partial charge in [-0.1, -0.05) is 53.5 Å². The van der Waals surface area contributed by atoms with Crippen molar-refractivity contribution in [2.75, 3.05) is 37.7 Å². The molecule has 212 valence electrons. The van der Waals surface area contributed by atoms with Crippen molar-refractivity contribution in [3.05, 3.63) is 99.5 Å². The first-order valence-corrected chi connectivity index (χ1v) is 15.3. The number of anilines is 1. The Hall–Kier alpha value is -3.11. The number of nitrogens with zero attached hydrogens (tertiary/aromatic N) is 3. The number of nitrogens with one attached hydrogen (secondary N) is 1. The summed E-state index contributed by atoms with van der Waals surface area (Å²) in [6, 6.07) is 20.5. The fraction of sp³-hybridized carbons (Fsp3) is 0.310. The molecule has 1 N–H and O–H groups in total. The molecule has 0 bridgehead atoms. The van der Waals surface area contributed by atoms with E-state index in [-0.39, 0.29) is 23.6 Å². The Morgan fingerprint density at radius 1 is 0.925 bits per heavy atom. The van der Waals surface area contributed by atoms with Crippen molar-refractivity contribution in [1.82, 2.24) is 15.1 Å². The average Bonchev–Trinajstić information content (AvgIpc) is 2.88. The molecule has 1 saturated heterocycles. The highest BCUT2D eigenvalue weighted by Crippen LogP contribution is 2.36. The first kappa shape index (κ1) is 29.9. The Morgan fingerprint density at radius 3 is 1.93 bits per heavy atom. The standard InChI is InChI=1S/C29H32Cl2N4O4S/c1-19(29(37)33(2)3)32-28(36)22-6-5-7-25(16-22)35(40(4,38)39)26-17-34(18-26)27(20-8-12-23(30)13-9-20)21-10-14-24(31)15-11-21/h5-16,19,26-27H,17-18H2,1-4H3,(H,32,36). The summed E-state index contributed by atoms with van der Waals surface area (Å²) in [5.41, 5.74) is 2.70. The van der Waals surface area contributed by atoms with Crippen LogP contribution in [0.5, 0.6) is 0 Å². The molecule has 0 aromatic heterocycles. The van der Waals surface area contributed by atoms with Crippen LogP contribution in [-0.2, 0) is 14.8 Å². The number of benzene rings is 3. The van der Waals surface area contributed by atoms with E-state index < -0.39 is 22.0 Å². The van der Waals surface area contributed by atoms with Gasteiger partial charge in [0.2, 0.25) is 15.9 Å². The highest BCUT2D eigenvalue weighted by Gasteiger charge is 2.40. The van der Waals surface area contributed by atoms with Gasteiger partial charge in [0.1, 0.15) is 6.04 Å². The maximum absolute atomic E-state index is 13.0. The lowest BCUT2D eigenvalue weighted by Gasteiger charge is -2.48. The van der Waals surface area contributed by atoms with Crippen molar-refractivity contribution in [3.8, 4) is 0 Å². The summed E-state index contributed by atoms with van der Waals surface area (Å²) in [7, 11) is -0.453. The van der Waals surface area contributed by atoms with E-state index in [4.69, 9.17) is 23.2 Å². The van der Waals surface area contributed by atoms with E-state index in [0.717, 1.165) is 17.4 Å². The van der Waals surface area contributed by atoms with E-state index in [1.54, 1.807) is 45.3 Å². The van der Waals surface area contributed by atoms with Crippen LogP contribution in [0.15, 0.2) is 72.8 Å². The van der Waals surface area contributed by atoms with E-state index >= 15 is 0 Å². The molecule has 1 aliphatic heterocycles. The van der Waals surface area contributed by atoms with Crippen molar-refractivity contribution in [1.29, 1.82) is 0 Å². The number of sulfonamides is 1. The molecule has 1 unspecified atom stereocenters. The van der Waals surface area contributed by atoms with E-state index in [9.17, 15) is 18.0 Å². The van der Waals surface area contributed by atoms with Crippen LogP contribution in [0.25, 0.3) is 0 Å². The number of likely N-dealkylation sites (N-methyl/N-ethyl adjacent to an activating group) is 1. The summed E-state index contributed by atoms with van der Waals surface area (Å²) in [5, 5.41) is 3.94. The molecule has 2 amide bonds. The van der Waals surface area contributed by atoms with Crippen molar-refractivity contribution in [2.24, 2.45) is 0 Å². The number of hydrogen-bond acceptors (Lipinski definition) is 5. The van der Waals surface area contributed by atoms with Crippen LogP contribution in [0.3, 0.4) is 0 Å². The Bertz CT molecular complexity index is 1430. The van der Waals surface area contributed by atoms with Gasteiger partial charge >= 0.3 is 0 Å². The van der Waals surface area contributed by atoms with Gasteiger partial charge < -0.3 is 10.2 Å². The van der Waals surface area contributed by atoms with Gasteiger partial charge in [-0.3, -0.25) is 18.8 Å². The average molecular weight is 604 g/mol. The fourth-order valence-corrected chi connectivity index (χ4v) is 6.36. The van der Waals surface area contributed by atoms with Crippen LogP contribution < -0.4 is 9.62 Å². The Morgan fingerprint density at radius 2 is 1.45 bits per heavy atom. The number of carbonyl (C=O) groups excluding carboxylic acids is 2. The number of rotatable bonds is 9. The molecule has 0 aliphatic carbocycles. The van der Waals surface area contributed by atoms with Gasteiger partial charge in [0.25, 0.3) is 5.91 Å². The smallest absolute Gasteiger partial charge is 0.251 e. The minimum absolute atomic E-state index is 0.125. The highest BCUT2D eigenvalue weighted by atomic mass is 35.5. The first-order chi connectivity index (χ1) is 18.8. The zero-order chi connectivity index (χ0) is 29.2. The predicted molar refractivity (Wildman–Crippen MR) is 159 cm³/mol. The molecule has 1 aliphatic rings. The van der Waals surface area contributed by atoms with E-state index in [0.29, 0.717) is 28.8 Å². The number of likely N-dealkylation sites (tertiary alicyclic amines) is 1. The van der Waals surface area contributed by atoms with Gasteiger partial charge in [0.15, 0.2) is 0 Å². The Kier molecular flexibility index (Phi) is 9.09. The second-order valence-electron chi connectivity index (χ2n) is 10.2. The molecule has 1 fully saturated rings. The SMILES string of the molecule is CC(NC(=O)c1cccc(N(C2CN(C(c3ccc(Cl)cc3)c3ccc(Cl)cc3)C2)S(C)(=O)=O)c1)C(=O)N(C)C. The maximum atomic E-state index is 13.0. The van der Waals surface area contributed by atoms with Crippen LogP contribution in [0.4, 0.5) is 5.69 Å². The number of amides is 2. The van der Waals surface area contributed by atoms with Crippen LogP contribution in [0, 0.1) is 0 Å². The molecular formula is C29H32Cl2N4O4S. The lowest BCUT2D eigenvalue weighted by atomic mass is 9.93. The molecular weight excluding hydrogens is 571 g/mol. The van der Waals surface area contributed by atoms with E-state index in [1.165, 1.54) is 9.21 Å². The summed E-state index contributed by atoms with van der Waals surface area (Å²) >= 11 is 12.3. The molecule has 40 heavy (non-hydrogen) atoms. The molecule has 0 saturated carbocycles. The van der Waals surface area contributed by atoms with Crippen molar-refractivity contribution in [2.45, 2.75) is 25.0 Å². The lowest BCUT2D eigenvalue weighted by Crippen LogP contribution is -2.61. The molecule has 8 nitrogen and oxygen atoms in total. The predicted octanol–water partition coefficient (Wildman–Crippen LogP) is 4.44. The number of hydrogen-bond donors (Lipinski definition) is 1. The summed E-state index contributed by atoms with van der Waals surface area (Å²) < 4.78 is 27.4. The minimum atomic E-state index is -3.68. The van der Waals surface area contributed by atoms with Crippen LogP contribution in [-0.4, -0.2) is 75.6 Å². The third-order valence-corrected chi connectivity index (χ3v) is 8.57. The quantitative estimate of drug-likeness (QED) is 0.391. The van der Waals surface area contributed by atoms with Crippen molar-refractivity contribution in [3.63, 3.8) is 0 Å². The molecule has 3 aromatic carbocycles. The van der Waals surface area contributed by atoms with Gasteiger partial charge in [-0.15, -0.1) is 0 Å². The maximum Gasteiger partial charge on any atom is 0.251 e. The first-order valence-electron chi connectivity index (χ1n) is 12.7. The van der Waals surface area contributed by atoms with Gasteiger partial charge in [0, 0.05) is 42.8 Å². The summed E-state index contributed by atoms with van der Waals surface area (Å²) in [5.74, 6) is -0.702. The second-order valence-corrected chi connectivity index (χ2v) is 12.9. The zero-order valence-electron chi connectivity index (χ0n) is 22.7. The number of halogens is 2. The summed E-state index contributed by atoms with van der Waals surface area (Å²) in [6.07, 6.45) is 1.16. The normalized spacial score (nSPS) is 14.9. The van der Waals surface area contributed by atoms with Crippen molar-refractivity contribution < 1.29 is 18.0 Å². The second kappa shape index (κ2) is 12.2. The summed E-state index contributed by atoms with van der Waals surface area (Å²) in [4.78, 5) is 28.7. The molecule has 3 aromatic rings. The van der Waals surface area contributed by atoms with E-state index in [2.05, 4.69) is 10.2 Å². The van der Waals surface area contributed by atoms with Gasteiger partial charge in [0.05, 0.1) is 24.0 Å². The monoisotopic (exact) mass is 602 g/mol. The van der Waals surface area contributed by atoms with Crippen LogP contribution >= 0.6 is 23.2 Å². The third kappa shape index (κ3) is 6.78. The van der Waals surface area contributed by atoms with E-state index in [1.807, 2.05) is 48.5 Å². The van der Waals surface area contributed by atoms with Crippen molar-refractivity contribution >= 4 is 50.7 Å². The molecule has 4 rings (SSSR count). The molecule has 0 radical (unpaired) electrons. The fourth-order valence-electron chi connectivity index (χ4n) is 4.94. The highest BCUT2D eigenvalue weighted by molar-refractivity contribution is 7.92.